The van der Waals surface area contributed by atoms with Crippen molar-refractivity contribution in [1.29, 1.82) is 0 Å². The van der Waals surface area contributed by atoms with Gasteiger partial charge in [0.15, 0.2) is 5.96 Å². The van der Waals surface area contributed by atoms with Gasteiger partial charge in [-0.15, -0.1) is 10.2 Å². The van der Waals surface area contributed by atoms with Crippen LogP contribution in [0.3, 0.4) is 0 Å². The highest BCUT2D eigenvalue weighted by atomic mass is 15.2. The van der Waals surface area contributed by atoms with Crippen LogP contribution in [0.5, 0.6) is 0 Å². The summed E-state index contributed by atoms with van der Waals surface area (Å²) in [6.07, 6.45) is 16.6. The Morgan fingerprint density at radius 3 is 2.39 bits per heavy atom. The van der Waals surface area contributed by atoms with Crippen LogP contribution in [-0.4, -0.2) is 63.9 Å². The third-order valence-electron chi connectivity index (χ3n) is 6.29. The van der Waals surface area contributed by atoms with Crippen LogP contribution in [0.2, 0.25) is 0 Å². The lowest BCUT2D eigenvalue weighted by Gasteiger charge is -2.47. The van der Waals surface area contributed by atoms with Gasteiger partial charge in [0.05, 0.1) is 6.54 Å². The van der Waals surface area contributed by atoms with Crippen molar-refractivity contribution in [1.82, 2.24) is 30.3 Å². The largest absolute Gasteiger partial charge is 0.357 e. The number of aliphatic imine (C=N–C) groups is 1. The normalized spacial score (nSPS) is 20.8. The number of nitrogens with one attached hydrogen (secondary N) is 2. The molecule has 1 aliphatic carbocycles. The monoisotopic (exact) mass is 389 g/mol. The molecule has 0 bridgehead atoms. The molecular weight excluding hydrogens is 350 g/mol. The summed E-state index contributed by atoms with van der Waals surface area (Å²) in [6, 6.07) is 0. The maximum Gasteiger partial charge on any atom is 0.191 e. The fourth-order valence-corrected chi connectivity index (χ4v) is 4.68. The molecule has 1 saturated heterocycles. The van der Waals surface area contributed by atoms with E-state index in [0.717, 1.165) is 45.0 Å². The molecular formula is C21H39N7. The molecule has 3 rings (SSSR count). The molecule has 2 heterocycles. The van der Waals surface area contributed by atoms with Crippen LogP contribution >= 0.6 is 0 Å². The molecule has 7 heteroatoms. The molecule has 0 amide bonds. The second-order valence-corrected chi connectivity index (χ2v) is 8.36. The van der Waals surface area contributed by atoms with Crippen LogP contribution in [0, 0.1) is 0 Å². The summed E-state index contributed by atoms with van der Waals surface area (Å²) in [5.74, 6) is 0.980. The number of hydrogen-bond donors (Lipinski definition) is 2. The highest BCUT2D eigenvalue weighted by Crippen LogP contribution is 2.35. The highest BCUT2D eigenvalue weighted by molar-refractivity contribution is 5.79. The third kappa shape index (κ3) is 6.19. The van der Waals surface area contributed by atoms with Crippen LogP contribution in [0.15, 0.2) is 17.6 Å². The van der Waals surface area contributed by atoms with Gasteiger partial charge in [-0.1, -0.05) is 25.7 Å². The molecule has 1 saturated carbocycles. The number of guanidine groups is 1. The second-order valence-electron chi connectivity index (χ2n) is 8.36. The molecule has 2 aliphatic rings. The van der Waals surface area contributed by atoms with Crippen LogP contribution in [0.4, 0.5) is 0 Å². The first-order valence-electron chi connectivity index (χ1n) is 11.4. The molecule has 0 atom stereocenters. The lowest BCUT2D eigenvalue weighted by molar-refractivity contribution is 0.0407. The predicted molar refractivity (Wildman–Crippen MR) is 114 cm³/mol. The zero-order chi connectivity index (χ0) is 19.5. The minimum Gasteiger partial charge on any atom is -0.357 e. The summed E-state index contributed by atoms with van der Waals surface area (Å²) < 4.78 is 2.03. The molecule has 7 nitrogen and oxygen atoms in total. The van der Waals surface area contributed by atoms with Gasteiger partial charge in [0.25, 0.3) is 0 Å². The van der Waals surface area contributed by atoms with E-state index in [1.165, 1.54) is 64.5 Å². The van der Waals surface area contributed by atoms with E-state index in [0.29, 0.717) is 5.54 Å². The van der Waals surface area contributed by atoms with E-state index in [4.69, 9.17) is 4.99 Å². The number of hydrogen-bond acceptors (Lipinski definition) is 4. The van der Waals surface area contributed by atoms with Gasteiger partial charge in [-0.3, -0.25) is 9.89 Å². The molecule has 28 heavy (non-hydrogen) atoms. The van der Waals surface area contributed by atoms with Crippen LogP contribution in [0.1, 0.15) is 71.1 Å². The molecule has 1 aliphatic heterocycles. The molecule has 0 radical (unpaired) electrons. The average molecular weight is 390 g/mol. The van der Waals surface area contributed by atoms with Crippen molar-refractivity contribution in [3.8, 4) is 0 Å². The third-order valence-corrected chi connectivity index (χ3v) is 6.29. The minimum atomic E-state index is 0.301. The number of rotatable bonds is 9. The summed E-state index contributed by atoms with van der Waals surface area (Å²) in [5.41, 5.74) is 0.301. The van der Waals surface area contributed by atoms with Crippen molar-refractivity contribution >= 4 is 5.96 Å². The molecule has 2 fully saturated rings. The second kappa shape index (κ2) is 11.4. The topological polar surface area (TPSA) is 70.4 Å². The number of unbranched alkanes of at least 4 members (excludes halogenated alkanes) is 1. The quantitative estimate of drug-likeness (QED) is 0.386. The zero-order valence-electron chi connectivity index (χ0n) is 17.7. The van der Waals surface area contributed by atoms with Gasteiger partial charge in [-0.05, 0) is 58.5 Å². The van der Waals surface area contributed by atoms with Crippen molar-refractivity contribution in [3.63, 3.8) is 0 Å². The van der Waals surface area contributed by atoms with Gasteiger partial charge in [0, 0.05) is 25.2 Å². The van der Waals surface area contributed by atoms with Crippen molar-refractivity contribution < 1.29 is 0 Å². The molecule has 1 aromatic heterocycles. The standard InChI is InChI=1S/C21H39N7/c1-2-22-20(23-13-7-10-14-27-18-25-26-19-27)24-17-21(11-5-3-6-12-21)28-15-8-4-9-16-28/h18-19H,2-17H2,1H3,(H2,22,23,24). The van der Waals surface area contributed by atoms with E-state index in [1.54, 1.807) is 12.7 Å². The Labute approximate surface area is 170 Å². The SMILES string of the molecule is CCNC(=NCC1(N2CCCCC2)CCCCC1)NCCCCn1cnnc1. The molecule has 1 aromatic rings. The van der Waals surface area contributed by atoms with Crippen molar-refractivity contribution in [3.05, 3.63) is 12.7 Å². The van der Waals surface area contributed by atoms with Crippen molar-refractivity contribution in [2.24, 2.45) is 4.99 Å². The van der Waals surface area contributed by atoms with E-state index >= 15 is 0 Å². The van der Waals surface area contributed by atoms with E-state index < -0.39 is 0 Å². The van der Waals surface area contributed by atoms with Gasteiger partial charge in [0.2, 0.25) is 0 Å². The summed E-state index contributed by atoms with van der Waals surface area (Å²) in [7, 11) is 0. The Morgan fingerprint density at radius 2 is 1.68 bits per heavy atom. The number of piperidine rings is 1. The number of nitrogens with zero attached hydrogens (tertiary/aromatic N) is 5. The Morgan fingerprint density at radius 1 is 0.964 bits per heavy atom. The molecule has 158 valence electrons. The van der Waals surface area contributed by atoms with Crippen molar-refractivity contribution in [2.45, 2.75) is 83.2 Å². The van der Waals surface area contributed by atoms with Gasteiger partial charge in [0.1, 0.15) is 12.7 Å². The zero-order valence-corrected chi connectivity index (χ0v) is 17.7. The minimum absolute atomic E-state index is 0.301. The number of aryl methyl sites for hydroxylation is 1. The predicted octanol–water partition coefficient (Wildman–Crippen LogP) is 2.80. The Balaban J connectivity index is 1.50. The first kappa shape index (κ1) is 21.1. The Hall–Kier alpha value is -1.63. The lowest BCUT2D eigenvalue weighted by Crippen LogP contribution is -2.54. The number of likely N-dealkylation sites (tertiary alicyclic amines) is 1. The molecule has 0 spiro atoms. The van der Waals surface area contributed by atoms with Crippen LogP contribution in [0.25, 0.3) is 0 Å². The smallest absolute Gasteiger partial charge is 0.191 e. The maximum absolute atomic E-state index is 5.06. The highest BCUT2D eigenvalue weighted by Gasteiger charge is 2.38. The van der Waals surface area contributed by atoms with Crippen LogP contribution in [-0.2, 0) is 6.54 Å². The summed E-state index contributed by atoms with van der Waals surface area (Å²) in [6.45, 7) is 8.44. The van der Waals surface area contributed by atoms with E-state index in [9.17, 15) is 0 Å². The van der Waals surface area contributed by atoms with E-state index in [-0.39, 0.29) is 0 Å². The van der Waals surface area contributed by atoms with E-state index in [2.05, 4.69) is 32.7 Å². The van der Waals surface area contributed by atoms with E-state index in [1.807, 2.05) is 4.57 Å². The lowest BCUT2D eigenvalue weighted by atomic mass is 9.79. The van der Waals surface area contributed by atoms with Crippen molar-refractivity contribution in [2.75, 3.05) is 32.7 Å². The average Bonchev–Trinajstić information content (AvgIpc) is 3.26. The maximum atomic E-state index is 5.06. The summed E-state index contributed by atoms with van der Waals surface area (Å²) in [5, 5.41) is 14.7. The number of aromatic nitrogens is 3. The van der Waals surface area contributed by atoms with Gasteiger partial charge < -0.3 is 15.2 Å². The fraction of sp³-hybridized carbons (Fsp3) is 0.857. The Kier molecular flexibility index (Phi) is 8.58. The van der Waals surface area contributed by atoms with Gasteiger partial charge >= 0.3 is 0 Å². The van der Waals surface area contributed by atoms with Gasteiger partial charge in [-0.2, -0.15) is 0 Å². The first-order chi connectivity index (χ1) is 13.8. The summed E-state index contributed by atoms with van der Waals surface area (Å²) >= 11 is 0. The van der Waals surface area contributed by atoms with Crippen LogP contribution < -0.4 is 10.6 Å². The summed E-state index contributed by atoms with van der Waals surface area (Å²) in [4.78, 5) is 7.84. The fourth-order valence-electron chi connectivity index (χ4n) is 4.68. The molecule has 0 unspecified atom stereocenters. The Bertz CT molecular complexity index is 557. The van der Waals surface area contributed by atoms with Gasteiger partial charge in [-0.25, -0.2) is 0 Å². The molecule has 0 aromatic carbocycles. The first-order valence-corrected chi connectivity index (χ1v) is 11.4. The molecule has 2 N–H and O–H groups in total.